The Labute approximate surface area is 173 Å². The van der Waals surface area contributed by atoms with Crippen molar-refractivity contribution in [3.63, 3.8) is 0 Å². The zero-order chi connectivity index (χ0) is 20.6. The van der Waals surface area contributed by atoms with E-state index in [1.54, 1.807) is 28.8 Å². The molecule has 2 fully saturated rings. The van der Waals surface area contributed by atoms with Gasteiger partial charge in [-0.1, -0.05) is 11.8 Å². The monoisotopic (exact) mass is 437 g/mol. The second kappa shape index (κ2) is 7.94. The summed E-state index contributed by atoms with van der Waals surface area (Å²) in [6, 6.07) is 1.61. The van der Waals surface area contributed by atoms with Gasteiger partial charge in [0.2, 0.25) is 0 Å². The average Bonchev–Trinajstić information content (AvgIpc) is 3.47. The quantitative estimate of drug-likeness (QED) is 0.534. The molecule has 1 unspecified atom stereocenters. The number of hydrogen-bond donors (Lipinski definition) is 1. The predicted octanol–water partition coefficient (Wildman–Crippen LogP) is 1.26. The molecule has 1 N–H and O–H groups in total. The summed E-state index contributed by atoms with van der Waals surface area (Å²) in [5.74, 6) is 0.743. The largest absolute Gasteiger partial charge is 0.356 e. The molecule has 0 bridgehead atoms. The number of Topliss-reactive ketones (excluding diaryl/α,β-unsaturated/α-hetero) is 1. The summed E-state index contributed by atoms with van der Waals surface area (Å²) in [6.45, 7) is 1.52. The van der Waals surface area contributed by atoms with E-state index in [2.05, 4.69) is 15.2 Å². The van der Waals surface area contributed by atoms with Crippen LogP contribution in [0, 0.1) is 0 Å². The number of rotatable bonds is 6. The number of nitrogens with zero attached hydrogens (tertiary/aromatic N) is 4. The van der Waals surface area contributed by atoms with Crippen LogP contribution in [0.2, 0.25) is 0 Å². The molecule has 0 aliphatic carbocycles. The molecule has 0 saturated carbocycles. The Bertz CT molecular complexity index is 1040. The van der Waals surface area contributed by atoms with E-state index in [1.165, 1.54) is 11.8 Å². The molecule has 29 heavy (non-hydrogen) atoms. The smallest absolute Gasteiger partial charge is 0.270 e. The molecule has 0 aromatic carbocycles. The summed E-state index contributed by atoms with van der Waals surface area (Å²) in [5, 5.41) is 8.84. The van der Waals surface area contributed by atoms with E-state index in [9.17, 15) is 18.0 Å². The Kier molecular flexibility index (Phi) is 5.52. The Hall–Kier alpha value is -2.14. The van der Waals surface area contributed by atoms with E-state index in [1.807, 2.05) is 0 Å². The number of ketones is 1. The van der Waals surface area contributed by atoms with E-state index < -0.39 is 9.84 Å². The number of hydrogen-bond acceptors (Lipinski definition) is 7. The Balaban J connectivity index is 1.37. The molecule has 9 nitrogen and oxygen atoms in total. The minimum Gasteiger partial charge on any atom is -0.356 e. The molecule has 2 aliphatic heterocycles. The summed E-state index contributed by atoms with van der Waals surface area (Å²) in [5.41, 5.74) is 0.896. The first-order chi connectivity index (χ1) is 13.8. The molecular weight excluding hydrogens is 414 g/mol. The fourth-order valence-electron chi connectivity index (χ4n) is 3.79. The first-order valence-corrected chi connectivity index (χ1v) is 12.4. The van der Waals surface area contributed by atoms with Crippen LogP contribution in [0.15, 0.2) is 17.4 Å². The van der Waals surface area contributed by atoms with Crippen molar-refractivity contribution in [3.05, 3.63) is 29.3 Å². The van der Waals surface area contributed by atoms with E-state index in [0.29, 0.717) is 28.7 Å². The van der Waals surface area contributed by atoms with Gasteiger partial charge in [0.15, 0.2) is 20.8 Å². The number of aromatic nitrogens is 4. The molecule has 2 aromatic rings. The third-order valence-corrected chi connectivity index (χ3v) is 8.22. The number of thioether (sulfide) groups is 1. The van der Waals surface area contributed by atoms with Crippen LogP contribution in [-0.4, -0.2) is 75.1 Å². The predicted molar refractivity (Wildman–Crippen MR) is 108 cm³/mol. The van der Waals surface area contributed by atoms with Gasteiger partial charge in [0, 0.05) is 37.8 Å². The fraction of sp³-hybridized carbons (Fsp3) is 0.556. The highest BCUT2D eigenvalue weighted by Crippen LogP contribution is 2.29. The Morgan fingerprint density at radius 3 is 2.72 bits per heavy atom. The number of carbonyl (C=O) groups is 2. The molecule has 156 valence electrons. The van der Waals surface area contributed by atoms with Gasteiger partial charge in [-0.3, -0.25) is 9.59 Å². The molecule has 4 rings (SSSR count). The highest BCUT2D eigenvalue weighted by atomic mass is 32.2. The fourth-order valence-corrected chi connectivity index (χ4v) is 6.34. The number of nitrogens with one attached hydrogen (secondary N) is 1. The van der Waals surface area contributed by atoms with Gasteiger partial charge in [0.25, 0.3) is 5.91 Å². The summed E-state index contributed by atoms with van der Waals surface area (Å²) >= 11 is 1.25. The summed E-state index contributed by atoms with van der Waals surface area (Å²) in [4.78, 5) is 29.6. The van der Waals surface area contributed by atoms with Gasteiger partial charge in [-0.15, -0.1) is 10.2 Å². The molecule has 0 spiro atoms. The minimum absolute atomic E-state index is 0.0707. The summed E-state index contributed by atoms with van der Waals surface area (Å²) in [7, 11) is -1.21. The van der Waals surface area contributed by atoms with Crippen LogP contribution in [-0.2, 0) is 16.9 Å². The summed E-state index contributed by atoms with van der Waals surface area (Å²) in [6.07, 6.45) is 4.15. The first kappa shape index (κ1) is 20.1. The van der Waals surface area contributed by atoms with Crippen molar-refractivity contribution in [1.29, 1.82) is 0 Å². The van der Waals surface area contributed by atoms with E-state index >= 15 is 0 Å². The number of carbonyl (C=O) groups excluding carboxylic acids is 2. The molecular formula is C18H23N5O4S2. The molecule has 4 heterocycles. The van der Waals surface area contributed by atoms with Gasteiger partial charge >= 0.3 is 0 Å². The van der Waals surface area contributed by atoms with Crippen molar-refractivity contribution < 1.29 is 18.0 Å². The lowest BCUT2D eigenvalue weighted by atomic mass is 10.1. The van der Waals surface area contributed by atoms with Crippen molar-refractivity contribution in [1.82, 2.24) is 24.6 Å². The Morgan fingerprint density at radius 2 is 2.03 bits per heavy atom. The number of amides is 1. The Morgan fingerprint density at radius 1 is 1.28 bits per heavy atom. The van der Waals surface area contributed by atoms with Gasteiger partial charge in [-0.25, -0.2) is 8.42 Å². The number of sulfone groups is 1. The van der Waals surface area contributed by atoms with Gasteiger partial charge in [0.05, 0.1) is 17.3 Å². The molecule has 0 radical (unpaired) electrons. The molecule has 1 amide bonds. The average molecular weight is 438 g/mol. The number of likely N-dealkylation sites (tertiary alicyclic amines) is 1. The van der Waals surface area contributed by atoms with Crippen molar-refractivity contribution in [3.8, 4) is 0 Å². The summed E-state index contributed by atoms with van der Waals surface area (Å²) < 4.78 is 25.2. The van der Waals surface area contributed by atoms with Crippen molar-refractivity contribution in [2.45, 2.75) is 30.3 Å². The lowest BCUT2D eigenvalue weighted by molar-refractivity contribution is 0.0787. The van der Waals surface area contributed by atoms with Crippen LogP contribution in [0.5, 0.6) is 0 Å². The van der Waals surface area contributed by atoms with Crippen molar-refractivity contribution >= 4 is 33.3 Å². The maximum atomic E-state index is 12.5. The third-order valence-electron chi connectivity index (χ3n) is 5.43. The maximum Gasteiger partial charge on any atom is 0.270 e. The maximum absolute atomic E-state index is 12.5. The van der Waals surface area contributed by atoms with Gasteiger partial charge in [-0.05, 0) is 25.3 Å². The van der Waals surface area contributed by atoms with E-state index in [4.69, 9.17) is 0 Å². The topological polar surface area (TPSA) is 118 Å². The first-order valence-electron chi connectivity index (χ1n) is 9.57. The molecule has 2 saturated heterocycles. The van der Waals surface area contributed by atoms with Gasteiger partial charge in [0.1, 0.15) is 11.5 Å². The van der Waals surface area contributed by atoms with Crippen LogP contribution < -0.4 is 0 Å². The standard InChI is InChI=1S/C18H23N5O4S2/c1-22-16(12-4-7-29(26,27)11-12)20-21-18(22)28-10-15(24)13-8-14(19-9-13)17(25)23-5-2-3-6-23/h8-9,12,19H,2-7,10-11H2,1H3. The lowest BCUT2D eigenvalue weighted by Crippen LogP contribution is -2.27. The van der Waals surface area contributed by atoms with E-state index in [-0.39, 0.29) is 34.9 Å². The van der Waals surface area contributed by atoms with Crippen LogP contribution in [0.1, 0.15) is 51.9 Å². The normalized spacial score (nSPS) is 21.0. The van der Waals surface area contributed by atoms with Crippen LogP contribution in [0.25, 0.3) is 0 Å². The van der Waals surface area contributed by atoms with Crippen molar-refractivity contribution in [2.24, 2.45) is 7.05 Å². The zero-order valence-corrected chi connectivity index (χ0v) is 17.8. The van der Waals surface area contributed by atoms with Crippen LogP contribution >= 0.6 is 11.8 Å². The molecule has 2 aliphatic rings. The highest BCUT2D eigenvalue weighted by Gasteiger charge is 2.32. The van der Waals surface area contributed by atoms with E-state index in [0.717, 1.165) is 25.9 Å². The van der Waals surface area contributed by atoms with Crippen LogP contribution in [0.3, 0.4) is 0 Å². The highest BCUT2D eigenvalue weighted by molar-refractivity contribution is 7.99. The van der Waals surface area contributed by atoms with Gasteiger partial charge in [-0.2, -0.15) is 0 Å². The second-order valence-electron chi connectivity index (χ2n) is 7.51. The molecule has 11 heteroatoms. The van der Waals surface area contributed by atoms with Gasteiger partial charge < -0.3 is 14.5 Å². The second-order valence-corrected chi connectivity index (χ2v) is 10.7. The molecule has 2 aromatic heterocycles. The van der Waals surface area contributed by atoms with Crippen LogP contribution in [0.4, 0.5) is 0 Å². The SMILES string of the molecule is Cn1c(SCC(=O)c2c[nH]c(C(=O)N3CCCC3)c2)nnc1C1CCS(=O)(=O)C1. The molecule has 1 atom stereocenters. The third kappa shape index (κ3) is 4.25. The zero-order valence-electron chi connectivity index (χ0n) is 16.1. The minimum atomic E-state index is -3.00. The number of aromatic amines is 1. The number of H-pyrrole nitrogens is 1. The van der Waals surface area contributed by atoms with Crippen molar-refractivity contribution in [2.75, 3.05) is 30.3 Å². The lowest BCUT2D eigenvalue weighted by Gasteiger charge is -2.13.